The molecule has 0 fully saturated rings. The van der Waals surface area contributed by atoms with Gasteiger partial charge in [-0.25, -0.2) is 4.79 Å². The highest BCUT2D eigenvalue weighted by Gasteiger charge is 2.15. The van der Waals surface area contributed by atoms with Crippen molar-refractivity contribution < 1.29 is 28.6 Å². The number of hydrogen-bond donors (Lipinski definition) is 0. The largest absolute Gasteiger partial charge is 0.489 e. The van der Waals surface area contributed by atoms with Gasteiger partial charge in [0.05, 0.1) is 5.56 Å². The topological polar surface area (TPSA) is 78.9 Å². The molecule has 3 aromatic carbocycles. The first-order chi connectivity index (χ1) is 15.0. The van der Waals surface area contributed by atoms with Gasteiger partial charge in [0.1, 0.15) is 24.7 Å². The Balaban J connectivity index is 1.75. The zero-order valence-corrected chi connectivity index (χ0v) is 17.6. The van der Waals surface area contributed by atoms with Gasteiger partial charge in [0.15, 0.2) is 5.78 Å². The maximum absolute atomic E-state index is 12.8. The van der Waals surface area contributed by atoms with Crippen molar-refractivity contribution in [3.63, 3.8) is 0 Å². The van der Waals surface area contributed by atoms with Gasteiger partial charge in [-0.2, -0.15) is 0 Å². The molecule has 31 heavy (non-hydrogen) atoms. The molecule has 6 heteroatoms. The van der Waals surface area contributed by atoms with Crippen LogP contribution in [-0.2, 0) is 9.53 Å². The molecular formula is C25H24O6. The molecule has 0 aliphatic rings. The Bertz CT molecular complexity index is 1080. The van der Waals surface area contributed by atoms with Crippen molar-refractivity contribution in [2.24, 2.45) is 0 Å². The second-order valence-electron chi connectivity index (χ2n) is 6.77. The number of benzene rings is 3. The Morgan fingerprint density at radius 3 is 2.16 bits per heavy atom. The van der Waals surface area contributed by atoms with Crippen LogP contribution >= 0.6 is 0 Å². The lowest BCUT2D eigenvalue weighted by molar-refractivity contribution is -0.143. The predicted molar refractivity (Wildman–Crippen MR) is 117 cm³/mol. The van der Waals surface area contributed by atoms with Crippen molar-refractivity contribution in [2.75, 3.05) is 13.2 Å². The van der Waals surface area contributed by atoms with Gasteiger partial charge in [0, 0.05) is 23.8 Å². The Morgan fingerprint density at radius 1 is 0.774 bits per heavy atom. The maximum Gasteiger partial charge on any atom is 0.344 e. The molecule has 0 bridgehead atoms. The third-order valence-electron chi connectivity index (χ3n) is 4.70. The first-order valence-corrected chi connectivity index (χ1v) is 10.2. The number of ketones is 1. The van der Waals surface area contributed by atoms with E-state index in [1.807, 2.05) is 24.3 Å². The molecule has 0 amide bonds. The van der Waals surface area contributed by atoms with Crippen LogP contribution in [0.4, 0.5) is 0 Å². The SMILES string of the molecule is CCC(=O)OCCOc1ccc(C(=O)Oc2ccc(C(=O)CC)cc2)c2ccccc12. The zero-order valence-electron chi connectivity index (χ0n) is 17.6. The lowest BCUT2D eigenvalue weighted by atomic mass is 10.0. The van der Waals surface area contributed by atoms with Crippen molar-refractivity contribution in [1.29, 1.82) is 0 Å². The molecule has 0 atom stereocenters. The molecule has 0 N–H and O–H groups in total. The second kappa shape index (κ2) is 10.4. The van der Waals surface area contributed by atoms with E-state index in [1.54, 1.807) is 50.2 Å². The van der Waals surface area contributed by atoms with E-state index in [4.69, 9.17) is 14.2 Å². The summed E-state index contributed by atoms with van der Waals surface area (Å²) in [7, 11) is 0. The van der Waals surface area contributed by atoms with Crippen LogP contribution in [-0.4, -0.2) is 30.9 Å². The van der Waals surface area contributed by atoms with E-state index in [2.05, 4.69) is 0 Å². The average Bonchev–Trinajstić information content (AvgIpc) is 2.81. The van der Waals surface area contributed by atoms with Gasteiger partial charge < -0.3 is 14.2 Å². The summed E-state index contributed by atoms with van der Waals surface area (Å²) in [6.07, 6.45) is 0.734. The molecule has 0 aliphatic heterocycles. The highest BCUT2D eigenvalue weighted by molar-refractivity contribution is 6.07. The van der Waals surface area contributed by atoms with Gasteiger partial charge in [-0.1, -0.05) is 38.1 Å². The van der Waals surface area contributed by atoms with Crippen LogP contribution in [0, 0.1) is 0 Å². The normalized spacial score (nSPS) is 10.5. The predicted octanol–water partition coefficient (Wildman–Crippen LogP) is 4.98. The molecule has 0 heterocycles. The first-order valence-electron chi connectivity index (χ1n) is 10.2. The third kappa shape index (κ3) is 5.48. The van der Waals surface area contributed by atoms with E-state index in [0.717, 1.165) is 5.39 Å². The van der Waals surface area contributed by atoms with Crippen LogP contribution < -0.4 is 9.47 Å². The van der Waals surface area contributed by atoms with Crippen molar-refractivity contribution in [3.8, 4) is 11.5 Å². The quantitative estimate of drug-likeness (QED) is 0.210. The zero-order chi connectivity index (χ0) is 22.2. The Hall–Kier alpha value is -3.67. The molecule has 0 aromatic heterocycles. The summed E-state index contributed by atoms with van der Waals surface area (Å²) in [5.74, 6) is 0.193. The van der Waals surface area contributed by atoms with E-state index >= 15 is 0 Å². The molecule has 3 aromatic rings. The monoisotopic (exact) mass is 420 g/mol. The van der Waals surface area contributed by atoms with E-state index in [9.17, 15) is 14.4 Å². The molecule has 160 valence electrons. The van der Waals surface area contributed by atoms with Gasteiger partial charge in [-0.15, -0.1) is 0 Å². The Labute approximate surface area is 180 Å². The van der Waals surface area contributed by atoms with Crippen LogP contribution in [0.15, 0.2) is 60.7 Å². The minimum atomic E-state index is -0.505. The Kier molecular flexibility index (Phi) is 7.38. The van der Waals surface area contributed by atoms with E-state index in [1.165, 1.54) is 0 Å². The van der Waals surface area contributed by atoms with Gasteiger partial charge in [0.2, 0.25) is 0 Å². The molecule has 0 radical (unpaired) electrons. The summed E-state index contributed by atoms with van der Waals surface area (Å²) in [6.45, 7) is 3.89. The van der Waals surface area contributed by atoms with Crippen LogP contribution in [0.25, 0.3) is 10.8 Å². The van der Waals surface area contributed by atoms with Crippen LogP contribution in [0.5, 0.6) is 11.5 Å². The second-order valence-corrected chi connectivity index (χ2v) is 6.77. The van der Waals surface area contributed by atoms with Crippen molar-refractivity contribution in [3.05, 3.63) is 71.8 Å². The minimum absolute atomic E-state index is 0.0314. The summed E-state index contributed by atoms with van der Waals surface area (Å²) in [5.41, 5.74) is 0.980. The van der Waals surface area contributed by atoms with Gasteiger partial charge in [-0.3, -0.25) is 9.59 Å². The van der Waals surface area contributed by atoms with Crippen molar-refractivity contribution >= 4 is 28.5 Å². The van der Waals surface area contributed by atoms with Crippen LogP contribution in [0.1, 0.15) is 47.4 Å². The highest BCUT2D eigenvalue weighted by atomic mass is 16.6. The molecule has 0 spiro atoms. The molecule has 0 saturated heterocycles. The van der Waals surface area contributed by atoms with Crippen LogP contribution in [0.3, 0.4) is 0 Å². The number of carbonyl (C=O) groups is 3. The molecule has 6 nitrogen and oxygen atoms in total. The van der Waals surface area contributed by atoms with Gasteiger partial charge >= 0.3 is 11.9 Å². The average molecular weight is 420 g/mol. The molecule has 0 unspecified atom stereocenters. The number of hydrogen-bond acceptors (Lipinski definition) is 6. The number of ether oxygens (including phenoxy) is 3. The Morgan fingerprint density at radius 2 is 1.48 bits per heavy atom. The fourth-order valence-corrected chi connectivity index (χ4v) is 3.06. The fourth-order valence-electron chi connectivity index (χ4n) is 3.06. The van der Waals surface area contributed by atoms with E-state index < -0.39 is 5.97 Å². The summed E-state index contributed by atoms with van der Waals surface area (Å²) >= 11 is 0. The molecule has 3 rings (SSSR count). The molecule has 0 aliphatic carbocycles. The highest BCUT2D eigenvalue weighted by Crippen LogP contribution is 2.29. The minimum Gasteiger partial charge on any atom is -0.489 e. The molecular weight excluding hydrogens is 396 g/mol. The van der Waals surface area contributed by atoms with Gasteiger partial charge in [-0.05, 0) is 41.8 Å². The number of fused-ring (bicyclic) bond motifs is 1. The fraction of sp³-hybridized carbons (Fsp3) is 0.240. The van der Waals surface area contributed by atoms with E-state index in [0.29, 0.717) is 40.9 Å². The molecule has 0 saturated carbocycles. The summed E-state index contributed by atoms with van der Waals surface area (Å²) in [6, 6.07) is 17.2. The van der Waals surface area contributed by atoms with Crippen molar-refractivity contribution in [2.45, 2.75) is 26.7 Å². The van der Waals surface area contributed by atoms with Crippen LogP contribution in [0.2, 0.25) is 0 Å². The standard InChI is InChI=1S/C25H24O6/c1-3-22(26)17-9-11-18(12-10-17)31-25(28)21-13-14-23(20-8-6-5-7-19(20)21)29-15-16-30-24(27)4-2/h5-14H,3-4,15-16H2,1-2H3. The maximum atomic E-state index is 12.8. The number of carbonyl (C=O) groups excluding carboxylic acids is 3. The lowest BCUT2D eigenvalue weighted by Gasteiger charge is -2.12. The number of Topliss-reactive ketones (excluding diaryl/α,β-unsaturated/α-hetero) is 1. The first kappa shape index (κ1) is 22.0. The third-order valence-corrected chi connectivity index (χ3v) is 4.70. The van der Waals surface area contributed by atoms with E-state index in [-0.39, 0.29) is 25.0 Å². The smallest absolute Gasteiger partial charge is 0.344 e. The van der Waals surface area contributed by atoms with Gasteiger partial charge in [0.25, 0.3) is 0 Å². The van der Waals surface area contributed by atoms with Crippen molar-refractivity contribution in [1.82, 2.24) is 0 Å². The summed E-state index contributed by atoms with van der Waals surface area (Å²) in [5, 5.41) is 1.44. The lowest BCUT2D eigenvalue weighted by Crippen LogP contribution is -2.12. The summed E-state index contributed by atoms with van der Waals surface area (Å²) < 4.78 is 16.3. The number of rotatable bonds is 9. The number of esters is 2. The summed E-state index contributed by atoms with van der Waals surface area (Å²) in [4.78, 5) is 35.8.